The third-order valence-corrected chi connectivity index (χ3v) is 5.61. The van der Waals surface area contributed by atoms with E-state index < -0.39 is 24.3 Å². The van der Waals surface area contributed by atoms with Gasteiger partial charge >= 0.3 is 0 Å². The number of imide groups is 1. The van der Waals surface area contributed by atoms with Crippen molar-refractivity contribution in [1.29, 1.82) is 5.26 Å². The summed E-state index contributed by atoms with van der Waals surface area (Å²) in [5.74, 6) is -2.27. The van der Waals surface area contributed by atoms with Crippen LogP contribution in [-0.4, -0.2) is 38.9 Å². The lowest BCUT2D eigenvalue weighted by molar-refractivity contribution is -0.116. The Balaban J connectivity index is 1.90. The number of nitrogens with zero attached hydrogens (tertiary/aromatic N) is 4. The number of halogens is 4. The van der Waals surface area contributed by atoms with Crippen LogP contribution in [0.2, 0.25) is 20.1 Å². The highest BCUT2D eigenvalue weighted by Crippen LogP contribution is 2.44. The maximum atomic E-state index is 12.6. The van der Waals surface area contributed by atoms with Gasteiger partial charge in [0, 0.05) is 7.05 Å². The summed E-state index contributed by atoms with van der Waals surface area (Å²) in [5.41, 5.74) is -0.308. The van der Waals surface area contributed by atoms with Crippen molar-refractivity contribution in [3.8, 4) is 6.07 Å². The second kappa shape index (κ2) is 7.02. The summed E-state index contributed by atoms with van der Waals surface area (Å²) in [7, 11) is 1.52. The number of fused-ring (bicyclic) bond motifs is 1. The van der Waals surface area contributed by atoms with E-state index in [1.54, 1.807) is 0 Å². The lowest BCUT2D eigenvalue weighted by Crippen LogP contribution is -2.37. The van der Waals surface area contributed by atoms with E-state index in [9.17, 15) is 14.4 Å². The number of carbonyl (C=O) groups excluding carboxylic acids is 3. The lowest BCUT2D eigenvalue weighted by Gasteiger charge is -2.13. The minimum Gasteiger partial charge on any atom is -0.308 e. The SMILES string of the molecule is Cn1ncc(C#N)c1NC(=O)CN1C(=O)c2c(Cl)c(Cl)c(Cl)c(Cl)c2C1=O. The monoisotopic (exact) mass is 445 g/mol. The summed E-state index contributed by atoms with van der Waals surface area (Å²) >= 11 is 23.9. The van der Waals surface area contributed by atoms with Crippen molar-refractivity contribution < 1.29 is 14.4 Å². The third kappa shape index (κ3) is 3.03. The number of nitrogens with one attached hydrogen (secondary N) is 1. The Labute approximate surface area is 172 Å². The van der Waals surface area contributed by atoms with Crippen LogP contribution in [0.1, 0.15) is 26.3 Å². The highest BCUT2D eigenvalue weighted by atomic mass is 35.5. The zero-order chi connectivity index (χ0) is 20.0. The summed E-state index contributed by atoms with van der Waals surface area (Å²) in [6, 6.07) is 1.86. The Kier molecular flexibility index (Phi) is 5.06. The van der Waals surface area contributed by atoms with Crippen molar-refractivity contribution in [2.75, 3.05) is 11.9 Å². The fourth-order valence-electron chi connectivity index (χ4n) is 2.52. The number of benzene rings is 1. The largest absolute Gasteiger partial charge is 0.308 e. The molecule has 0 aliphatic carbocycles. The van der Waals surface area contributed by atoms with Gasteiger partial charge in [0.1, 0.15) is 24.0 Å². The van der Waals surface area contributed by atoms with E-state index in [2.05, 4.69) is 10.4 Å². The molecule has 0 atom stereocenters. The number of anilines is 1. The number of hydrogen-bond acceptors (Lipinski definition) is 5. The number of carbonyl (C=O) groups is 3. The summed E-state index contributed by atoms with van der Waals surface area (Å²) in [6.45, 7) is -0.635. The maximum absolute atomic E-state index is 12.6. The normalized spacial score (nSPS) is 13.0. The van der Waals surface area contributed by atoms with Crippen LogP contribution >= 0.6 is 46.4 Å². The first kappa shape index (κ1) is 19.5. The van der Waals surface area contributed by atoms with E-state index in [-0.39, 0.29) is 42.6 Å². The summed E-state index contributed by atoms with van der Waals surface area (Å²) in [5, 5.41) is 14.5. The summed E-state index contributed by atoms with van der Waals surface area (Å²) in [6.07, 6.45) is 1.27. The predicted octanol–water partition coefficient (Wildman–Crippen LogP) is 3.14. The Morgan fingerprint density at radius 2 is 1.63 bits per heavy atom. The molecule has 2 aromatic rings. The predicted molar refractivity (Wildman–Crippen MR) is 98.4 cm³/mol. The molecule has 138 valence electrons. The van der Waals surface area contributed by atoms with Gasteiger partial charge in [0.2, 0.25) is 5.91 Å². The maximum Gasteiger partial charge on any atom is 0.263 e. The van der Waals surface area contributed by atoms with Crippen LogP contribution in [0.4, 0.5) is 5.82 Å². The molecule has 12 heteroatoms. The molecule has 0 unspecified atom stereocenters. The molecule has 0 fully saturated rings. The molecule has 1 N–H and O–H groups in total. The number of amides is 3. The van der Waals surface area contributed by atoms with Crippen LogP contribution in [0.5, 0.6) is 0 Å². The average molecular weight is 447 g/mol. The van der Waals surface area contributed by atoms with Crippen LogP contribution < -0.4 is 5.32 Å². The molecule has 3 rings (SSSR count). The van der Waals surface area contributed by atoms with Gasteiger partial charge in [-0.15, -0.1) is 0 Å². The standard InChI is InChI=1S/C15H7Cl4N5O3/c1-23-13(5(2-20)3-21-23)22-6(25)4-24-14(26)7-8(15(24)27)10(17)12(19)11(18)9(7)16/h3H,4H2,1H3,(H,22,25). The Morgan fingerprint density at radius 1 is 1.11 bits per heavy atom. The zero-order valence-electron chi connectivity index (χ0n) is 13.3. The molecule has 0 saturated heterocycles. The van der Waals surface area contributed by atoms with Crippen molar-refractivity contribution in [2.24, 2.45) is 7.05 Å². The fraction of sp³-hybridized carbons (Fsp3) is 0.133. The van der Waals surface area contributed by atoms with E-state index in [4.69, 9.17) is 51.7 Å². The smallest absolute Gasteiger partial charge is 0.263 e. The average Bonchev–Trinajstić information content (AvgIpc) is 3.10. The molecular formula is C15H7Cl4N5O3. The minimum absolute atomic E-state index is 0.123. The van der Waals surface area contributed by atoms with E-state index in [0.29, 0.717) is 4.90 Å². The van der Waals surface area contributed by atoms with Gasteiger partial charge in [-0.05, 0) is 0 Å². The highest BCUT2D eigenvalue weighted by molar-refractivity contribution is 6.55. The van der Waals surface area contributed by atoms with Gasteiger partial charge in [0.25, 0.3) is 11.8 Å². The topological polar surface area (TPSA) is 108 Å². The van der Waals surface area contributed by atoms with Gasteiger partial charge in [0.15, 0.2) is 0 Å². The quantitative estimate of drug-likeness (QED) is 0.442. The van der Waals surface area contributed by atoms with Crippen molar-refractivity contribution >= 4 is 69.9 Å². The zero-order valence-corrected chi connectivity index (χ0v) is 16.3. The summed E-state index contributed by atoms with van der Waals surface area (Å²) < 4.78 is 1.27. The van der Waals surface area contributed by atoms with Gasteiger partial charge in [-0.2, -0.15) is 10.4 Å². The molecule has 8 nitrogen and oxygen atoms in total. The Hall–Kier alpha value is -2.31. The molecule has 1 aromatic carbocycles. The number of nitriles is 1. The van der Waals surface area contributed by atoms with Crippen molar-refractivity contribution in [1.82, 2.24) is 14.7 Å². The molecule has 0 saturated carbocycles. The number of aromatic nitrogens is 2. The van der Waals surface area contributed by atoms with Crippen molar-refractivity contribution in [3.63, 3.8) is 0 Å². The van der Waals surface area contributed by atoms with Gasteiger partial charge in [-0.25, -0.2) is 0 Å². The third-order valence-electron chi connectivity index (χ3n) is 3.80. The van der Waals surface area contributed by atoms with Crippen LogP contribution in [0.25, 0.3) is 0 Å². The van der Waals surface area contributed by atoms with Crippen LogP contribution in [0.3, 0.4) is 0 Å². The van der Waals surface area contributed by atoms with E-state index in [1.165, 1.54) is 17.9 Å². The molecule has 1 aromatic heterocycles. The van der Waals surface area contributed by atoms with E-state index >= 15 is 0 Å². The van der Waals surface area contributed by atoms with E-state index in [0.717, 1.165) is 0 Å². The first-order chi connectivity index (χ1) is 12.7. The second-order valence-corrected chi connectivity index (χ2v) is 6.90. The van der Waals surface area contributed by atoms with Gasteiger partial charge < -0.3 is 5.32 Å². The second-order valence-electron chi connectivity index (χ2n) is 5.39. The fourth-order valence-corrected chi connectivity index (χ4v) is 3.54. The lowest BCUT2D eigenvalue weighted by atomic mass is 10.1. The van der Waals surface area contributed by atoms with Crippen LogP contribution in [0, 0.1) is 11.3 Å². The van der Waals surface area contributed by atoms with Crippen molar-refractivity contribution in [2.45, 2.75) is 0 Å². The van der Waals surface area contributed by atoms with E-state index in [1.807, 2.05) is 6.07 Å². The molecular weight excluding hydrogens is 440 g/mol. The molecule has 3 amide bonds. The number of rotatable bonds is 3. The highest BCUT2D eigenvalue weighted by Gasteiger charge is 2.42. The number of hydrogen-bond donors (Lipinski definition) is 1. The van der Waals surface area contributed by atoms with Crippen molar-refractivity contribution in [3.05, 3.63) is 43.0 Å². The van der Waals surface area contributed by atoms with Gasteiger partial charge in [-0.3, -0.25) is 24.0 Å². The molecule has 0 spiro atoms. The minimum atomic E-state index is -0.832. The molecule has 0 bridgehead atoms. The first-order valence-corrected chi connectivity index (χ1v) is 8.64. The Morgan fingerprint density at radius 3 is 2.11 bits per heavy atom. The molecule has 1 aliphatic rings. The summed E-state index contributed by atoms with van der Waals surface area (Å²) in [4.78, 5) is 38.1. The Bertz CT molecular complexity index is 1030. The van der Waals surface area contributed by atoms with Crippen LogP contribution in [-0.2, 0) is 11.8 Å². The number of aryl methyl sites for hydroxylation is 1. The molecule has 1 aliphatic heterocycles. The first-order valence-electron chi connectivity index (χ1n) is 7.13. The molecule has 2 heterocycles. The molecule has 27 heavy (non-hydrogen) atoms. The van der Waals surface area contributed by atoms with Crippen LogP contribution in [0.15, 0.2) is 6.20 Å². The molecule has 0 radical (unpaired) electrons. The van der Waals surface area contributed by atoms with Gasteiger partial charge in [-0.1, -0.05) is 46.4 Å². The van der Waals surface area contributed by atoms with Gasteiger partial charge in [0.05, 0.1) is 37.4 Å².